The molecule has 78 valence electrons. The third-order valence-corrected chi connectivity index (χ3v) is 2.94. The van der Waals surface area contributed by atoms with Crippen LogP contribution in [0.5, 0.6) is 0 Å². The van der Waals surface area contributed by atoms with Crippen LogP contribution in [0.25, 0.3) is 10.2 Å². The van der Waals surface area contributed by atoms with Crippen LogP contribution in [0.15, 0.2) is 35.4 Å². The zero-order chi connectivity index (χ0) is 10.7. The van der Waals surface area contributed by atoms with Crippen molar-refractivity contribution < 1.29 is 0 Å². The fourth-order valence-corrected chi connectivity index (χ4v) is 2.05. The minimum Gasteiger partial charge on any atom is -0.382 e. The first-order valence-electron chi connectivity index (χ1n) is 4.96. The van der Waals surface area contributed by atoms with Crippen LogP contribution < -0.4 is 5.32 Å². The van der Waals surface area contributed by atoms with Crippen LogP contribution >= 0.6 is 11.3 Å². The molecule has 1 aromatic carbocycles. The fourth-order valence-electron chi connectivity index (χ4n) is 1.34. The molecule has 0 fully saturated rings. The normalized spacial score (nSPS) is 10.3. The van der Waals surface area contributed by atoms with Gasteiger partial charge in [0.15, 0.2) is 0 Å². The van der Waals surface area contributed by atoms with Crippen molar-refractivity contribution in [1.29, 1.82) is 0 Å². The molecular weight excluding hydrogens is 204 g/mol. The van der Waals surface area contributed by atoms with Crippen molar-refractivity contribution in [2.45, 2.75) is 13.8 Å². The van der Waals surface area contributed by atoms with Gasteiger partial charge in [0.2, 0.25) is 0 Å². The molecule has 15 heavy (non-hydrogen) atoms. The molecule has 1 heterocycles. The number of hydrogen-bond donors (Lipinski definition) is 1. The van der Waals surface area contributed by atoms with Gasteiger partial charge in [0.25, 0.3) is 0 Å². The quantitative estimate of drug-likeness (QED) is 0.795. The van der Waals surface area contributed by atoms with Gasteiger partial charge < -0.3 is 5.32 Å². The van der Waals surface area contributed by atoms with E-state index < -0.39 is 0 Å². The lowest BCUT2D eigenvalue weighted by molar-refractivity contribution is 1.26. The van der Waals surface area contributed by atoms with Crippen LogP contribution in [0.1, 0.15) is 13.8 Å². The summed E-state index contributed by atoms with van der Waals surface area (Å²) in [5.41, 5.74) is 5.45. The maximum absolute atomic E-state index is 4.25. The molecule has 0 aliphatic heterocycles. The van der Waals surface area contributed by atoms with Gasteiger partial charge in [0, 0.05) is 12.2 Å². The second-order valence-electron chi connectivity index (χ2n) is 3.70. The number of allylic oxidation sites excluding steroid dienone is 1. The van der Waals surface area contributed by atoms with Crippen molar-refractivity contribution in [2.75, 3.05) is 11.9 Å². The lowest BCUT2D eigenvalue weighted by atomic mass is 10.3. The predicted molar refractivity (Wildman–Crippen MR) is 67.5 cm³/mol. The van der Waals surface area contributed by atoms with Crippen molar-refractivity contribution in [2.24, 2.45) is 0 Å². The summed E-state index contributed by atoms with van der Waals surface area (Å²) in [5, 5.41) is 3.36. The first-order chi connectivity index (χ1) is 7.25. The molecule has 0 amide bonds. The summed E-state index contributed by atoms with van der Waals surface area (Å²) in [5.74, 6) is 0. The Balaban J connectivity index is 2.11. The zero-order valence-corrected chi connectivity index (χ0v) is 9.77. The highest BCUT2D eigenvalue weighted by atomic mass is 32.1. The second kappa shape index (κ2) is 4.45. The van der Waals surface area contributed by atoms with E-state index in [1.165, 1.54) is 10.3 Å². The molecule has 0 bridgehead atoms. The van der Waals surface area contributed by atoms with Crippen molar-refractivity contribution >= 4 is 27.2 Å². The van der Waals surface area contributed by atoms with Gasteiger partial charge in [-0.3, -0.25) is 0 Å². The molecule has 1 aromatic heterocycles. The minimum absolute atomic E-state index is 0.882. The number of nitrogens with one attached hydrogen (secondary N) is 1. The molecule has 0 radical (unpaired) electrons. The number of nitrogens with zero attached hydrogens (tertiary/aromatic N) is 1. The minimum atomic E-state index is 0.882. The van der Waals surface area contributed by atoms with Crippen LogP contribution in [0, 0.1) is 0 Å². The Bertz CT molecular complexity index is 481. The summed E-state index contributed by atoms with van der Waals surface area (Å²) in [6.45, 7) is 5.09. The van der Waals surface area contributed by atoms with Gasteiger partial charge in [-0.15, -0.1) is 11.3 Å². The Morgan fingerprint density at radius 2 is 2.33 bits per heavy atom. The van der Waals surface area contributed by atoms with E-state index in [1.54, 1.807) is 11.3 Å². The Kier molecular flexibility index (Phi) is 3.02. The monoisotopic (exact) mass is 218 g/mol. The molecule has 0 saturated carbocycles. The van der Waals surface area contributed by atoms with Gasteiger partial charge in [-0.25, -0.2) is 4.98 Å². The molecule has 2 nitrogen and oxygen atoms in total. The Morgan fingerprint density at radius 1 is 1.47 bits per heavy atom. The SMILES string of the molecule is CC(C)=CCNc1ccc2ncsc2c1. The first kappa shape index (κ1) is 10.2. The number of thiazole rings is 1. The van der Waals surface area contributed by atoms with E-state index in [-0.39, 0.29) is 0 Å². The lowest BCUT2D eigenvalue weighted by Crippen LogP contribution is -1.97. The highest BCUT2D eigenvalue weighted by Gasteiger charge is 1.97. The van der Waals surface area contributed by atoms with Crippen molar-refractivity contribution in [1.82, 2.24) is 4.98 Å². The number of hydrogen-bond acceptors (Lipinski definition) is 3. The summed E-state index contributed by atoms with van der Waals surface area (Å²) in [7, 11) is 0. The largest absolute Gasteiger partial charge is 0.382 e. The van der Waals surface area contributed by atoms with E-state index in [0.717, 1.165) is 17.7 Å². The van der Waals surface area contributed by atoms with E-state index >= 15 is 0 Å². The van der Waals surface area contributed by atoms with Crippen LogP contribution in [-0.4, -0.2) is 11.5 Å². The summed E-state index contributed by atoms with van der Waals surface area (Å²) in [4.78, 5) is 4.25. The Labute approximate surface area is 93.7 Å². The third-order valence-electron chi connectivity index (χ3n) is 2.15. The number of aromatic nitrogens is 1. The van der Waals surface area contributed by atoms with Gasteiger partial charge in [-0.1, -0.05) is 11.6 Å². The van der Waals surface area contributed by atoms with Gasteiger partial charge in [-0.2, -0.15) is 0 Å². The van der Waals surface area contributed by atoms with Gasteiger partial charge in [0.05, 0.1) is 15.7 Å². The molecule has 0 aliphatic rings. The third kappa shape index (κ3) is 2.57. The molecule has 0 unspecified atom stereocenters. The first-order valence-corrected chi connectivity index (χ1v) is 5.84. The Morgan fingerprint density at radius 3 is 3.13 bits per heavy atom. The summed E-state index contributed by atoms with van der Waals surface area (Å²) in [6, 6.07) is 6.27. The van der Waals surface area contributed by atoms with Crippen molar-refractivity contribution in [3.63, 3.8) is 0 Å². The van der Waals surface area contributed by atoms with Crippen molar-refractivity contribution in [3.8, 4) is 0 Å². The zero-order valence-electron chi connectivity index (χ0n) is 8.95. The van der Waals surface area contributed by atoms with Gasteiger partial charge >= 0.3 is 0 Å². The van der Waals surface area contributed by atoms with Crippen LogP contribution in [-0.2, 0) is 0 Å². The number of benzene rings is 1. The Hall–Kier alpha value is -1.35. The molecule has 0 atom stereocenters. The fraction of sp³-hybridized carbons (Fsp3) is 0.250. The highest BCUT2D eigenvalue weighted by Crippen LogP contribution is 2.21. The summed E-state index contributed by atoms with van der Waals surface area (Å²) in [6.07, 6.45) is 2.18. The maximum atomic E-state index is 4.25. The van der Waals surface area contributed by atoms with Crippen LogP contribution in [0.2, 0.25) is 0 Å². The molecule has 0 aliphatic carbocycles. The van der Waals surface area contributed by atoms with Crippen LogP contribution in [0.4, 0.5) is 5.69 Å². The molecule has 2 rings (SSSR count). The van der Waals surface area contributed by atoms with E-state index in [9.17, 15) is 0 Å². The predicted octanol–water partition coefficient (Wildman–Crippen LogP) is 3.67. The maximum Gasteiger partial charge on any atom is 0.0813 e. The summed E-state index contributed by atoms with van der Waals surface area (Å²) >= 11 is 1.67. The molecule has 2 aromatic rings. The smallest absolute Gasteiger partial charge is 0.0813 e. The van der Waals surface area contributed by atoms with E-state index in [0.29, 0.717) is 0 Å². The molecule has 0 spiro atoms. The van der Waals surface area contributed by atoms with Gasteiger partial charge in [-0.05, 0) is 32.0 Å². The molecule has 1 N–H and O–H groups in total. The average molecular weight is 218 g/mol. The molecular formula is C12H14N2S. The van der Waals surface area contributed by atoms with E-state index in [1.807, 2.05) is 5.51 Å². The summed E-state index contributed by atoms with van der Waals surface area (Å²) < 4.78 is 1.23. The molecule has 0 saturated heterocycles. The number of fused-ring (bicyclic) bond motifs is 1. The standard InChI is InChI=1S/C12H14N2S/c1-9(2)5-6-13-10-3-4-11-12(7-10)15-8-14-11/h3-5,7-8,13H,6H2,1-2H3. The number of rotatable bonds is 3. The topological polar surface area (TPSA) is 24.9 Å². The van der Waals surface area contributed by atoms with Gasteiger partial charge in [0.1, 0.15) is 0 Å². The van der Waals surface area contributed by atoms with Crippen LogP contribution in [0.3, 0.4) is 0 Å². The highest BCUT2D eigenvalue weighted by molar-refractivity contribution is 7.16. The van der Waals surface area contributed by atoms with Crippen molar-refractivity contribution in [3.05, 3.63) is 35.4 Å². The molecule has 3 heteroatoms. The lowest BCUT2D eigenvalue weighted by Gasteiger charge is -2.03. The van der Waals surface area contributed by atoms with E-state index in [4.69, 9.17) is 0 Å². The second-order valence-corrected chi connectivity index (χ2v) is 4.58. The average Bonchev–Trinajstić information content (AvgIpc) is 2.64. The van der Waals surface area contributed by atoms with E-state index in [2.05, 4.69) is 48.4 Å². The number of anilines is 1.